The van der Waals surface area contributed by atoms with Crippen LogP contribution in [0, 0.1) is 23.2 Å². The second-order valence-electron chi connectivity index (χ2n) is 11.3. The second-order valence-corrected chi connectivity index (χ2v) is 11.3. The Labute approximate surface area is 197 Å². The first-order chi connectivity index (χ1) is 16.0. The molecule has 5 fully saturated rings. The fraction of sp³-hybridized carbons (Fsp3) is 0.704. The number of amides is 2. The van der Waals surface area contributed by atoms with Crippen LogP contribution in [0.5, 0.6) is 5.75 Å². The van der Waals surface area contributed by atoms with Crippen LogP contribution in [0.2, 0.25) is 0 Å². The van der Waals surface area contributed by atoms with E-state index in [-0.39, 0.29) is 29.8 Å². The highest BCUT2D eigenvalue weighted by molar-refractivity contribution is 5.85. The number of carbonyl (C=O) groups excluding carboxylic acids is 2. The molecular formula is C27H39N3O3. The first kappa shape index (κ1) is 22.7. The molecule has 1 aliphatic heterocycles. The first-order valence-electron chi connectivity index (χ1n) is 12.9. The molecule has 2 N–H and O–H groups in total. The van der Waals surface area contributed by atoms with Crippen LogP contribution in [0.1, 0.15) is 63.4 Å². The van der Waals surface area contributed by atoms with Crippen molar-refractivity contribution in [2.45, 2.75) is 70.4 Å². The molecule has 1 aromatic carbocycles. The lowest BCUT2D eigenvalue weighted by Gasteiger charge is -2.56. The van der Waals surface area contributed by atoms with Crippen molar-refractivity contribution in [1.82, 2.24) is 15.5 Å². The zero-order valence-electron chi connectivity index (χ0n) is 20.0. The molecule has 6 rings (SSSR count). The Kier molecular flexibility index (Phi) is 6.64. The van der Waals surface area contributed by atoms with E-state index in [4.69, 9.17) is 4.74 Å². The first-order valence-corrected chi connectivity index (χ1v) is 12.9. The fourth-order valence-electron chi connectivity index (χ4n) is 7.63. The molecule has 33 heavy (non-hydrogen) atoms. The zero-order chi connectivity index (χ0) is 22.8. The van der Waals surface area contributed by atoms with Gasteiger partial charge in [-0.25, -0.2) is 0 Å². The normalized spacial score (nSPS) is 31.4. The summed E-state index contributed by atoms with van der Waals surface area (Å²) in [4.78, 5) is 27.6. The average Bonchev–Trinajstić information content (AvgIpc) is 2.78. The van der Waals surface area contributed by atoms with Gasteiger partial charge in [0, 0.05) is 32.1 Å². The predicted molar refractivity (Wildman–Crippen MR) is 128 cm³/mol. The fourth-order valence-corrected chi connectivity index (χ4v) is 7.63. The number of benzene rings is 1. The van der Waals surface area contributed by atoms with Crippen LogP contribution >= 0.6 is 0 Å². The molecule has 0 radical (unpaired) electrons. The van der Waals surface area contributed by atoms with Crippen molar-refractivity contribution in [3.63, 3.8) is 0 Å². The third-order valence-corrected chi connectivity index (χ3v) is 8.64. The van der Waals surface area contributed by atoms with E-state index in [0.717, 1.165) is 56.0 Å². The lowest BCUT2D eigenvalue weighted by atomic mass is 9.49. The number of hydrogen-bond acceptors (Lipinski definition) is 4. The molecule has 4 bridgehead atoms. The van der Waals surface area contributed by atoms with Crippen LogP contribution in [-0.2, 0) is 16.1 Å². The van der Waals surface area contributed by atoms with Gasteiger partial charge in [-0.15, -0.1) is 0 Å². The summed E-state index contributed by atoms with van der Waals surface area (Å²) >= 11 is 0. The Hall–Kier alpha value is -2.08. The molecule has 6 heteroatoms. The Morgan fingerprint density at radius 1 is 1.03 bits per heavy atom. The summed E-state index contributed by atoms with van der Waals surface area (Å²) in [6, 6.07) is 8.40. The molecule has 0 spiro atoms. The lowest BCUT2D eigenvalue weighted by Crippen LogP contribution is -2.49. The Morgan fingerprint density at radius 3 is 2.33 bits per heavy atom. The van der Waals surface area contributed by atoms with Crippen LogP contribution in [0.25, 0.3) is 0 Å². The third kappa shape index (κ3) is 5.53. The standard InChI is InChI=1S/C27H39N3O3/c1-33-24-4-2-3-19(12-24)18-30-7-5-23(6-8-30)29-26(32)17-28-25(31)16-27-13-20-9-21(14-27)11-22(10-20)15-27/h2-4,12,20-23H,5-11,13-18H2,1H3,(H,28,31)(H,29,32). The maximum Gasteiger partial charge on any atom is 0.239 e. The molecule has 5 aliphatic rings. The van der Waals surface area contributed by atoms with Crippen LogP contribution in [0.3, 0.4) is 0 Å². The third-order valence-electron chi connectivity index (χ3n) is 8.64. The molecule has 180 valence electrons. The number of methoxy groups -OCH3 is 1. The zero-order valence-corrected chi connectivity index (χ0v) is 20.0. The summed E-state index contributed by atoms with van der Waals surface area (Å²) < 4.78 is 5.32. The summed E-state index contributed by atoms with van der Waals surface area (Å²) in [6.45, 7) is 2.93. The number of nitrogens with one attached hydrogen (secondary N) is 2. The Bertz CT molecular complexity index is 827. The lowest BCUT2D eigenvalue weighted by molar-refractivity contribution is -0.132. The quantitative estimate of drug-likeness (QED) is 0.632. The molecule has 2 amide bonds. The van der Waals surface area contributed by atoms with Gasteiger partial charge in [-0.05, 0) is 92.2 Å². The number of rotatable bonds is 8. The molecule has 1 saturated heterocycles. The van der Waals surface area contributed by atoms with Gasteiger partial charge >= 0.3 is 0 Å². The Balaban J connectivity index is 1.01. The Morgan fingerprint density at radius 2 is 1.70 bits per heavy atom. The average molecular weight is 454 g/mol. The molecule has 6 nitrogen and oxygen atoms in total. The van der Waals surface area contributed by atoms with E-state index in [0.29, 0.717) is 6.42 Å². The van der Waals surface area contributed by atoms with Gasteiger partial charge in [0.2, 0.25) is 11.8 Å². The summed E-state index contributed by atoms with van der Waals surface area (Å²) in [5.74, 6) is 3.45. The van der Waals surface area contributed by atoms with Crippen LogP contribution < -0.4 is 15.4 Å². The van der Waals surface area contributed by atoms with Crippen LogP contribution in [0.15, 0.2) is 24.3 Å². The second kappa shape index (κ2) is 9.65. The van der Waals surface area contributed by atoms with Crippen LogP contribution in [0.4, 0.5) is 0 Å². The van der Waals surface area contributed by atoms with E-state index in [2.05, 4.69) is 27.7 Å². The van der Waals surface area contributed by atoms with Crippen molar-refractivity contribution in [1.29, 1.82) is 0 Å². The highest BCUT2D eigenvalue weighted by Crippen LogP contribution is 2.61. The van der Waals surface area contributed by atoms with Gasteiger partial charge < -0.3 is 15.4 Å². The highest BCUT2D eigenvalue weighted by atomic mass is 16.5. The number of ether oxygens (including phenoxy) is 1. The van der Waals surface area contributed by atoms with Gasteiger partial charge in [0.25, 0.3) is 0 Å². The van der Waals surface area contributed by atoms with E-state index in [1.165, 1.54) is 44.1 Å². The minimum absolute atomic E-state index is 0.0555. The number of piperidine rings is 1. The van der Waals surface area contributed by atoms with Gasteiger partial charge in [0.05, 0.1) is 13.7 Å². The number of likely N-dealkylation sites (tertiary alicyclic amines) is 1. The SMILES string of the molecule is COc1cccc(CN2CCC(NC(=O)CNC(=O)CC34CC5CC(CC(C5)C3)C4)CC2)c1. The summed E-state index contributed by atoms with van der Waals surface area (Å²) in [7, 11) is 1.69. The molecular weight excluding hydrogens is 414 g/mol. The number of hydrogen-bond donors (Lipinski definition) is 2. The molecule has 0 aromatic heterocycles. The van der Waals surface area contributed by atoms with Gasteiger partial charge in [-0.3, -0.25) is 14.5 Å². The monoisotopic (exact) mass is 453 g/mol. The number of nitrogens with zero attached hydrogens (tertiary/aromatic N) is 1. The van der Waals surface area contributed by atoms with Gasteiger partial charge in [-0.1, -0.05) is 12.1 Å². The van der Waals surface area contributed by atoms with Crippen molar-refractivity contribution in [3.05, 3.63) is 29.8 Å². The van der Waals surface area contributed by atoms with Crippen molar-refractivity contribution < 1.29 is 14.3 Å². The summed E-state index contributed by atoms with van der Waals surface area (Å²) in [6.07, 6.45) is 10.4. The summed E-state index contributed by atoms with van der Waals surface area (Å²) in [5.41, 5.74) is 1.48. The largest absolute Gasteiger partial charge is 0.497 e. The maximum absolute atomic E-state index is 12.7. The van der Waals surface area contributed by atoms with Crippen molar-refractivity contribution in [3.8, 4) is 5.75 Å². The maximum atomic E-state index is 12.7. The van der Waals surface area contributed by atoms with Crippen molar-refractivity contribution >= 4 is 11.8 Å². The molecule has 0 atom stereocenters. The minimum Gasteiger partial charge on any atom is -0.497 e. The van der Waals surface area contributed by atoms with E-state index >= 15 is 0 Å². The molecule has 4 saturated carbocycles. The molecule has 1 aromatic rings. The van der Waals surface area contributed by atoms with E-state index in [9.17, 15) is 9.59 Å². The van der Waals surface area contributed by atoms with Crippen molar-refractivity contribution in [2.75, 3.05) is 26.7 Å². The summed E-state index contributed by atoms with van der Waals surface area (Å²) in [5, 5.41) is 6.06. The van der Waals surface area contributed by atoms with Gasteiger partial charge in [0.15, 0.2) is 0 Å². The van der Waals surface area contributed by atoms with Crippen LogP contribution in [-0.4, -0.2) is 49.5 Å². The van der Waals surface area contributed by atoms with Gasteiger partial charge in [0.1, 0.15) is 5.75 Å². The number of carbonyl (C=O) groups is 2. The van der Waals surface area contributed by atoms with E-state index in [1.54, 1.807) is 7.11 Å². The minimum atomic E-state index is -0.0555. The van der Waals surface area contributed by atoms with Crippen molar-refractivity contribution in [2.24, 2.45) is 23.2 Å². The smallest absolute Gasteiger partial charge is 0.239 e. The molecule has 0 unspecified atom stereocenters. The predicted octanol–water partition coefficient (Wildman–Crippen LogP) is 3.50. The van der Waals surface area contributed by atoms with Gasteiger partial charge in [-0.2, -0.15) is 0 Å². The van der Waals surface area contributed by atoms with E-state index < -0.39 is 0 Å². The van der Waals surface area contributed by atoms with E-state index in [1.807, 2.05) is 12.1 Å². The molecule has 1 heterocycles. The molecule has 4 aliphatic carbocycles. The topological polar surface area (TPSA) is 70.7 Å². The highest BCUT2D eigenvalue weighted by Gasteiger charge is 2.51.